The van der Waals surface area contributed by atoms with Crippen molar-refractivity contribution in [3.63, 3.8) is 0 Å². The van der Waals surface area contributed by atoms with Crippen LogP contribution in [-0.2, 0) is 9.53 Å². The highest BCUT2D eigenvalue weighted by Gasteiger charge is 2.32. The van der Waals surface area contributed by atoms with Crippen LogP contribution in [-0.4, -0.2) is 43.7 Å². The zero-order valence-electron chi connectivity index (χ0n) is 12.2. The van der Waals surface area contributed by atoms with Crippen LogP contribution in [0.1, 0.15) is 40.0 Å². The standard InChI is InChI=1S/C14H28N2O2/c1-11-6-5-8-16(12(11)10-15)9-7-14(2,3)13(17)18-4/h11-12H,5-10,15H2,1-4H3. The summed E-state index contributed by atoms with van der Waals surface area (Å²) < 4.78 is 4.85. The van der Waals surface area contributed by atoms with Crippen molar-refractivity contribution in [1.29, 1.82) is 0 Å². The van der Waals surface area contributed by atoms with Crippen molar-refractivity contribution < 1.29 is 9.53 Å². The summed E-state index contributed by atoms with van der Waals surface area (Å²) in [5.41, 5.74) is 5.47. The molecular weight excluding hydrogens is 228 g/mol. The van der Waals surface area contributed by atoms with Crippen molar-refractivity contribution in [2.24, 2.45) is 17.1 Å². The van der Waals surface area contributed by atoms with Crippen LogP contribution in [0.25, 0.3) is 0 Å². The normalized spacial score (nSPS) is 26.1. The van der Waals surface area contributed by atoms with Crippen LogP contribution in [0, 0.1) is 11.3 Å². The minimum atomic E-state index is -0.408. The number of rotatable bonds is 5. The van der Waals surface area contributed by atoms with Gasteiger partial charge in [0.15, 0.2) is 0 Å². The lowest BCUT2D eigenvalue weighted by atomic mass is 9.86. The van der Waals surface area contributed by atoms with E-state index in [1.54, 1.807) is 0 Å². The summed E-state index contributed by atoms with van der Waals surface area (Å²) in [6.45, 7) is 8.90. The van der Waals surface area contributed by atoms with Crippen LogP contribution in [0.3, 0.4) is 0 Å². The van der Waals surface area contributed by atoms with Gasteiger partial charge >= 0.3 is 5.97 Å². The van der Waals surface area contributed by atoms with E-state index >= 15 is 0 Å². The van der Waals surface area contributed by atoms with Crippen molar-refractivity contribution in [1.82, 2.24) is 4.90 Å². The highest BCUT2D eigenvalue weighted by atomic mass is 16.5. The van der Waals surface area contributed by atoms with E-state index in [1.165, 1.54) is 20.0 Å². The molecule has 0 aromatic heterocycles. The zero-order valence-corrected chi connectivity index (χ0v) is 12.2. The second kappa shape index (κ2) is 6.53. The smallest absolute Gasteiger partial charge is 0.311 e. The number of nitrogens with zero attached hydrogens (tertiary/aromatic N) is 1. The van der Waals surface area contributed by atoms with Gasteiger partial charge in [-0.15, -0.1) is 0 Å². The average Bonchev–Trinajstić information content (AvgIpc) is 2.35. The fourth-order valence-electron chi connectivity index (χ4n) is 2.79. The Kier molecular flexibility index (Phi) is 5.60. The molecule has 2 unspecified atom stereocenters. The number of ether oxygens (including phenoxy) is 1. The lowest BCUT2D eigenvalue weighted by Crippen LogP contribution is -2.49. The molecular formula is C14H28N2O2. The maximum Gasteiger partial charge on any atom is 0.311 e. The Morgan fingerprint density at radius 1 is 1.50 bits per heavy atom. The summed E-state index contributed by atoms with van der Waals surface area (Å²) in [6, 6.07) is 0.465. The van der Waals surface area contributed by atoms with E-state index in [4.69, 9.17) is 10.5 Å². The first-order valence-electron chi connectivity index (χ1n) is 6.95. The number of likely N-dealkylation sites (tertiary alicyclic amines) is 1. The van der Waals surface area contributed by atoms with Gasteiger partial charge in [0.05, 0.1) is 12.5 Å². The number of piperidine rings is 1. The maximum absolute atomic E-state index is 11.7. The molecule has 0 saturated carbocycles. The first kappa shape index (κ1) is 15.4. The summed E-state index contributed by atoms with van der Waals surface area (Å²) in [7, 11) is 1.45. The Morgan fingerprint density at radius 3 is 2.72 bits per heavy atom. The first-order valence-corrected chi connectivity index (χ1v) is 6.95. The number of methoxy groups -OCH3 is 1. The van der Waals surface area contributed by atoms with E-state index in [9.17, 15) is 4.79 Å². The highest BCUT2D eigenvalue weighted by molar-refractivity contribution is 5.75. The number of carbonyl (C=O) groups is 1. The van der Waals surface area contributed by atoms with Gasteiger partial charge in [0.1, 0.15) is 0 Å². The third-order valence-electron chi connectivity index (χ3n) is 4.23. The van der Waals surface area contributed by atoms with Gasteiger partial charge in [-0.3, -0.25) is 9.69 Å². The number of esters is 1. The molecule has 0 amide bonds. The van der Waals surface area contributed by atoms with Crippen molar-refractivity contribution in [3.8, 4) is 0 Å². The van der Waals surface area contributed by atoms with Crippen LogP contribution in [0.5, 0.6) is 0 Å². The number of hydrogen-bond acceptors (Lipinski definition) is 4. The molecule has 106 valence electrons. The monoisotopic (exact) mass is 256 g/mol. The molecule has 0 bridgehead atoms. The van der Waals surface area contributed by atoms with E-state index in [-0.39, 0.29) is 5.97 Å². The molecule has 1 aliphatic rings. The van der Waals surface area contributed by atoms with E-state index in [0.29, 0.717) is 18.5 Å². The summed E-state index contributed by atoms with van der Waals surface area (Å²) in [5.74, 6) is 0.529. The Bertz CT molecular complexity index is 279. The molecule has 1 heterocycles. The van der Waals surface area contributed by atoms with E-state index in [2.05, 4.69) is 11.8 Å². The highest BCUT2D eigenvalue weighted by Crippen LogP contribution is 2.27. The van der Waals surface area contributed by atoms with Gasteiger partial charge in [-0.05, 0) is 52.1 Å². The van der Waals surface area contributed by atoms with E-state index < -0.39 is 5.41 Å². The second-order valence-electron chi connectivity index (χ2n) is 6.08. The molecule has 0 aromatic carbocycles. The van der Waals surface area contributed by atoms with Gasteiger partial charge in [0.25, 0.3) is 0 Å². The Morgan fingerprint density at radius 2 is 2.17 bits per heavy atom. The summed E-state index contributed by atoms with van der Waals surface area (Å²) in [5, 5.41) is 0. The molecule has 2 N–H and O–H groups in total. The predicted molar refractivity (Wildman–Crippen MR) is 73.2 cm³/mol. The topological polar surface area (TPSA) is 55.6 Å². The van der Waals surface area contributed by atoms with Gasteiger partial charge in [0.2, 0.25) is 0 Å². The van der Waals surface area contributed by atoms with Crippen molar-refractivity contribution in [2.75, 3.05) is 26.7 Å². The fourth-order valence-corrected chi connectivity index (χ4v) is 2.79. The van der Waals surface area contributed by atoms with Gasteiger partial charge in [0, 0.05) is 12.6 Å². The number of carbonyl (C=O) groups excluding carboxylic acids is 1. The summed E-state index contributed by atoms with van der Waals surface area (Å²) in [4.78, 5) is 14.1. The zero-order chi connectivity index (χ0) is 13.8. The van der Waals surface area contributed by atoms with E-state index in [0.717, 1.165) is 19.5 Å². The second-order valence-corrected chi connectivity index (χ2v) is 6.08. The average molecular weight is 256 g/mol. The predicted octanol–water partition coefficient (Wildman–Crippen LogP) is 1.63. The van der Waals surface area contributed by atoms with Crippen LogP contribution in [0.2, 0.25) is 0 Å². The molecule has 1 rings (SSSR count). The minimum absolute atomic E-state index is 0.128. The molecule has 0 radical (unpaired) electrons. The fraction of sp³-hybridized carbons (Fsp3) is 0.929. The van der Waals surface area contributed by atoms with Crippen LogP contribution >= 0.6 is 0 Å². The minimum Gasteiger partial charge on any atom is -0.469 e. The molecule has 4 heteroatoms. The third kappa shape index (κ3) is 3.69. The Balaban J connectivity index is 2.53. The van der Waals surface area contributed by atoms with Crippen LogP contribution in [0.4, 0.5) is 0 Å². The first-order chi connectivity index (χ1) is 8.42. The third-order valence-corrected chi connectivity index (χ3v) is 4.23. The molecule has 1 fully saturated rings. The van der Waals surface area contributed by atoms with Crippen LogP contribution in [0.15, 0.2) is 0 Å². The largest absolute Gasteiger partial charge is 0.469 e. The molecule has 4 nitrogen and oxygen atoms in total. The summed E-state index contributed by atoms with van der Waals surface area (Å²) >= 11 is 0. The van der Waals surface area contributed by atoms with Crippen molar-refractivity contribution in [3.05, 3.63) is 0 Å². The molecule has 18 heavy (non-hydrogen) atoms. The van der Waals surface area contributed by atoms with Crippen molar-refractivity contribution >= 4 is 5.97 Å². The lowest BCUT2D eigenvalue weighted by Gasteiger charge is -2.40. The Hall–Kier alpha value is -0.610. The van der Waals surface area contributed by atoms with Gasteiger partial charge < -0.3 is 10.5 Å². The quantitative estimate of drug-likeness (QED) is 0.760. The summed E-state index contributed by atoms with van der Waals surface area (Å²) in [6.07, 6.45) is 3.32. The Labute approximate surface area is 111 Å². The van der Waals surface area contributed by atoms with E-state index in [1.807, 2.05) is 13.8 Å². The molecule has 1 aliphatic heterocycles. The molecule has 0 spiro atoms. The van der Waals surface area contributed by atoms with Crippen LogP contribution < -0.4 is 5.73 Å². The van der Waals surface area contributed by atoms with Crippen molar-refractivity contribution in [2.45, 2.75) is 46.1 Å². The number of hydrogen-bond donors (Lipinski definition) is 1. The maximum atomic E-state index is 11.7. The molecule has 0 aliphatic carbocycles. The molecule has 2 atom stereocenters. The molecule has 1 saturated heterocycles. The van der Waals surface area contributed by atoms with Gasteiger partial charge in [-0.25, -0.2) is 0 Å². The molecule has 0 aromatic rings. The van der Waals surface area contributed by atoms with Gasteiger partial charge in [-0.1, -0.05) is 6.92 Å². The van der Waals surface area contributed by atoms with Gasteiger partial charge in [-0.2, -0.15) is 0 Å². The SMILES string of the molecule is COC(=O)C(C)(C)CCN1CCCC(C)C1CN. The lowest BCUT2D eigenvalue weighted by molar-refractivity contribution is -0.151. The number of nitrogens with two attached hydrogens (primary N) is 1.